The highest BCUT2D eigenvalue weighted by atomic mass is 32.2. The topological polar surface area (TPSA) is 52.6 Å². The van der Waals surface area contributed by atoms with Crippen LogP contribution in [0.5, 0.6) is 0 Å². The molecule has 3 rings (SSSR count). The van der Waals surface area contributed by atoms with Crippen molar-refractivity contribution in [2.24, 2.45) is 5.92 Å². The summed E-state index contributed by atoms with van der Waals surface area (Å²) >= 11 is 1.62. The van der Waals surface area contributed by atoms with Gasteiger partial charge in [-0.15, -0.1) is 0 Å². The normalized spacial score (nSPS) is 28.1. The third kappa shape index (κ3) is 3.38. The average molecular weight is 324 g/mol. The molecule has 2 heterocycles. The molecular weight excluding hydrogens is 303 g/mol. The van der Waals surface area contributed by atoms with Crippen molar-refractivity contribution in [3.63, 3.8) is 0 Å². The van der Waals surface area contributed by atoms with Gasteiger partial charge in [0.1, 0.15) is 5.82 Å². The van der Waals surface area contributed by atoms with Crippen LogP contribution in [-0.2, 0) is 4.79 Å². The van der Waals surface area contributed by atoms with Gasteiger partial charge in [0.25, 0.3) is 5.91 Å². The lowest BCUT2D eigenvalue weighted by atomic mass is 10.0. The van der Waals surface area contributed by atoms with E-state index in [0.717, 1.165) is 31.0 Å². The summed E-state index contributed by atoms with van der Waals surface area (Å²) < 4.78 is 13.0. The van der Waals surface area contributed by atoms with Gasteiger partial charge in [-0.1, -0.05) is 0 Å². The first-order chi connectivity index (χ1) is 10.6. The van der Waals surface area contributed by atoms with Gasteiger partial charge in [0.05, 0.1) is 0 Å². The highest BCUT2D eigenvalue weighted by molar-refractivity contribution is 7.99. The summed E-state index contributed by atoms with van der Waals surface area (Å²) in [6.07, 6.45) is 1.53. The molecule has 2 unspecified atom stereocenters. The molecule has 2 saturated heterocycles. The number of amides is 1. The van der Waals surface area contributed by atoms with Gasteiger partial charge in [-0.2, -0.15) is 11.8 Å². The smallest absolute Gasteiger partial charge is 0.252 e. The number of halogens is 1. The molecule has 0 spiro atoms. The number of hydrogen-bond acceptors (Lipinski definition) is 4. The standard InChI is InChI=1S/C16H21FN2O2S/c17-13-1-3-14(4-2-13)19-7-5-12(10-19)9-18-15(20)16(21)6-8-22-11-16/h1-4,12,21H,5-11H2,(H,18,20). The summed E-state index contributed by atoms with van der Waals surface area (Å²) in [6, 6.07) is 6.51. The largest absolute Gasteiger partial charge is 0.379 e. The maximum atomic E-state index is 13.0. The van der Waals surface area contributed by atoms with E-state index in [1.54, 1.807) is 23.9 Å². The molecule has 4 nitrogen and oxygen atoms in total. The van der Waals surface area contributed by atoms with E-state index in [1.807, 2.05) is 0 Å². The van der Waals surface area contributed by atoms with Crippen LogP contribution in [0.25, 0.3) is 0 Å². The van der Waals surface area contributed by atoms with Crippen molar-refractivity contribution in [1.29, 1.82) is 0 Å². The molecule has 0 aliphatic carbocycles. The van der Waals surface area contributed by atoms with Crippen LogP contribution in [-0.4, -0.2) is 47.8 Å². The van der Waals surface area contributed by atoms with Gasteiger partial charge in [-0.25, -0.2) is 4.39 Å². The highest BCUT2D eigenvalue weighted by Gasteiger charge is 2.39. The van der Waals surface area contributed by atoms with Crippen LogP contribution in [0.4, 0.5) is 10.1 Å². The third-order valence-corrected chi connectivity index (χ3v) is 5.63. The summed E-state index contributed by atoms with van der Waals surface area (Å²) in [7, 11) is 0. The van der Waals surface area contributed by atoms with Crippen LogP contribution in [0.1, 0.15) is 12.8 Å². The maximum absolute atomic E-state index is 13.0. The van der Waals surface area contributed by atoms with E-state index >= 15 is 0 Å². The number of nitrogens with one attached hydrogen (secondary N) is 1. The molecule has 2 atom stereocenters. The number of thioether (sulfide) groups is 1. The second kappa shape index (κ2) is 6.46. The first kappa shape index (κ1) is 15.6. The highest BCUT2D eigenvalue weighted by Crippen LogP contribution is 2.28. The van der Waals surface area contributed by atoms with Crippen LogP contribution in [0.3, 0.4) is 0 Å². The van der Waals surface area contributed by atoms with Gasteiger partial charge in [0.2, 0.25) is 0 Å². The number of carbonyl (C=O) groups excluding carboxylic acids is 1. The lowest BCUT2D eigenvalue weighted by Gasteiger charge is -2.22. The quantitative estimate of drug-likeness (QED) is 0.884. The molecule has 1 aromatic carbocycles. The van der Waals surface area contributed by atoms with E-state index in [9.17, 15) is 14.3 Å². The molecular formula is C16H21FN2O2S. The number of rotatable bonds is 4. The Morgan fingerprint density at radius 3 is 2.91 bits per heavy atom. The molecule has 0 saturated carbocycles. The first-order valence-electron chi connectivity index (χ1n) is 7.66. The molecule has 0 bridgehead atoms. The Labute approximate surface area is 134 Å². The van der Waals surface area contributed by atoms with Crippen LogP contribution < -0.4 is 10.2 Å². The molecule has 2 fully saturated rings. The summed E-state index contributed by atoms with van der Waals surface area (Å²) in [4.78, 5) is 14.3. The molecule has 0 radical (unpaired) electrons. The molecule has 1 aromatic rings. The summed E-state index contributed by atoms with van der Waals surface area (Å²) in [5, 5.41) is 13.1. The van der Waals surface area contributed by atoms with Crippen molar-refractivity contribution >= 4 is 23.4 Å². The van der Waals surface area contributed by atoms with Gasteiger partial charge in [-0.3, -0.25) is 4.79 Å². The van der Waals surface area contributed by atoms with Gasteiger partial charge >= 0.3 is 0 Å². The Hall–Kier alpha value is -1.27. The van der Waals surface area contributed by atoms with E-state index in [4.69, 9.17) is 0 Å². The summed E-state index contributed by atoms with van der Waals surface area (Å²) in [6.45, 7) is 2.34. The minimum Gasteiger partial charge on any atom is -0.379 e. The maximum Gasteiger partial charge on any atom is 0.252 e. The number of aliphatic hydroxyl groups is 1. The van der Waals surface area contributed by atoms with Crippen molar-refractivity contribution in [3.05, 3.63) is 30.1 Å². The fourth-order valence-corrected chi connectivity index (χ4v) is 4.26. The fraction of sp³-hybridized carbons (Fsp3) is 0.562. The second-order valence-corrected chi connectivity index (χ2v) is 7.23. The van der Waals surface area contributed by atoms with Crippen molar-refractivity contribution in [2.75, 3.05) is 36.0 Å². The second-order valence-electron chi connectivity index (χ2n) is 6.12. The Balaban J connectivity index is 1.49. The zero-order chi connectivity index (χ0) is 15.6. The zero-order valence-corrected chi connectivity index (χ0v) is 13.2. The van der Waals surface area contributed by atoms with Crippen molar-refractivity contribution in [1.82, 2.24) is 5.32 Å². The Bertz CT molecular complexity index is 531. The Morgan fingerprint density at radius 1 is 1.45 bits per heavy atom. The van der Waals surface area contributed by atoms with Crippen molar-refractivity contribution in [3.8, 4) is 0 Å². The lowest BCUT2D eigenvalue weighted by Crippen LogP contribution is -2.48. The predicted molar refractivity (Wildman–Crippen MR) is 86.6 cm³/mol. The average Bonchev–Trinajstić information content (AvgIpc) is 3.15. The fourth-order valence-electron chi connectivity index (χ4n) is 3.02. The van der Waals surface area contributed by atoms with Crippen molar-refractivity contribution < 1.29 is 14.3 Å². The SMILES string of the molecule is O=C(NCC1CCN(c2ccc(F)cc2)C1)C1(O)CCSC1. The van der Waals surface area contributed by atoms with E-state index in [0.29, 0.717) is 24.6 Å². The van der Waals surface area contributed by atoms with Crippen LogP contribution in [0.15, 0.2) is 24.3 Å². The van der Waals surface area contributed by atoms with Gasteiger partial charge < -0.3 is 15.3 Å². The monoisotopic (exact) mass is 324 g/mol. The Morgan fingerprint density at radius 2 is 2.23 bits per heavy atom. The van der Waals surface area contributed by atoms with Gasteiger partial charge in [0.15, 0.2) is 5.60 Å². The number of hydrogen-bond donors (Lipinski definition) is 2. The lowest BCUT2D eigenvalue weighted by molar-refractivity contribution is -0.137. The van der Waals surface area contributed by atoms with Gasteiger partial charge in [-0.05, 0) is 48.8 Å². The molecule has 0 aromatic heterocycles. The molecule has 22 heavy (non-hydrogen) atoms. The minimum atomic E-state index is -1.18. The molecule has 2 N–H and O–H groups in total. The molecule has 2 aliphatic heterocycles. The van der Waals surface area contributed by atoms with E-state index in [-0.39, 0.29) is 11.7 Å². The van der Waals surface area contributed by atoms with E-state index in [1.165, 1.54) is 12.1 Å². The molecule has 2 aliphatic rings. The predicted octanol–water partition coefficient (Wildman–Crippen LogP) is 1.64. The Kier molecular flexibility index (Phi) is 4.59. The zero-order valence-electron chi connectivity index (χ0n) is 12.4. The number of carbonyl (C=O) groups is 1. The van der Waals surface area contributed by atoms with E-state index < -0.39 is 5.60 Å². The van der Waals surface area contributed by atoms with Crippen LogP contribution in [0.2, 0.25) is 0 Å². The summed E-state index contributed by atoms with van der Waals surface area (Å²) in [5.74, 6) is 1.23. The summed E-state index contributed by atoms with van der Waals surface area (Å²) in [5.41, 5.74) is -0.166. The minimum absolute atomic E-state index is 0.227. The molecule has 6 heteroatoms. The molecule has 1 amide bonds. The third-order valence-electron chi connectivity index (χ3n) is 4.45. The van der Waals surface area contributed by atoms with Gasteiger partial charge in [0, 0.05) is 31.1 Å². The van der Waals surface area contributed by atoms with Crippen LogP contribution >= 0.6 is 11.8 Å². The van der Waals surface area contributed by atoms with Crippen LogP contribution in [0, 0.1) is 11.7 Å². The molecule has 120 valence electrons. The first-order valence-corrected chi connectivity index (χ1v) is 8.81. The van der Waals surface area contributed by atoms with E-state index in [2.05, 4.69) is 10.2 Å². The number of nitrogens with zero attached hydrogens (tertiary/aromatic N) is 1. The van der Waals surface area contributed by atoms with Crippen molar-refractivity contribution in [2.45, 2.75) is 18.4 Å². The number of benzene rings is 1. The number of anilines is 1.